The summed E-state index contributed by atoms with van der Waals surface area (Å²) in [6.07, 6.45) is 6.32. The van der Waals surface area contributed by atoms with Crippen molar-refractivity contribution in [2.45, 2.75) is 43.6 Å². The molecule has 4 heterocycles. The number of anilines is 3. The number of piperazine rings is 1. The number of nitrogens with zero attached hydrogens (tertiary/aromatic N) is 4. The lowest BCUT2D eigenvalue weighted by Crippen LogP contribution is -2.43. The minimum atomic E-state index is -3.35. The van der Waals surface area contributed by atoms with Crippen molar-refractivity contribution in [3.63, 3.8) is 0 Å². The molecule has 3 aromatic rings. The molecule has 2 fully saturated rings. The van der Waals surface area contributed by atoms with Gasteiger partial charge in [-0.25, -0.2) is 18.4 Å². The second-order valence-corrected chi connectivity index (χ2v) is 10.7. The number of nitrogens with one attached hydrogen (secondary N) is 3. The molecule has 9 nitrogen and oxygen atoms in total. The van der Waals surface area contributed by atoms with Gasteiger partial charge in [-0.05, 0) is 31.0 Å². The zero-order chi connectivity index (χ0) is 22.1. The number of pyridine rings is 1. The van der Waals surface area contributed by atoms with Crippen LogP contribution in [0.1, 0.15) is 44.2 Å². The highest BCUT2D eigenvalue weighted by molar-refractivity contribution is 7.91. The Morgan fingerprint density at radius 2 is 1.94 bits per heavy atom. The molecule has 0 radical (unpaired) electrons. The van der Waals surface area contributed by atoms with Crippen LogP contribution in [0.3, 0.4) is 0 Å². The third-order valence-corrected chi connectivity index (χ3v) is 8.07. The van der Waals surface area contributed by atoms with E-state index in [2.05, 4.69) is 36.6 Å². The Hall–Kier alpha value is -2.72. The Kier molecular flexibility index (Phi) is 5.73. The van der Waals surface area contributed by atoms with Gasteiger partial charge in [0, 0.05) is 37.5 Å². The Morgan fingerprint density at radius 1 is 1.16 bits per heavy atom. The van der Waals surface area contributed by atoms with Crippen molar-refractivity contribution < 1.29 is 8.42 Å². The number of hydrogen-bond acceptors (Lipinski definition) is 8. The number of fused-ring (bicyclic) bond motifs is 1. The normalized spacial score (nSPS) is 17.8. The highest BCUT2D eigenvalue weighted by atomic mass is 32.2. The number of hydrogen-bond donors (Lipinski definition) is 3. The van der Waals surface area contributed by atoms with E-state index in [0.717, 1.165) is 55.8 Å². The second kappa shape index (κ2) is 8.67. The molecular weight excluding hydrogens is 426 g/mol. The van der Waals surface area contributed by atoms with Crippen LogP contribution in [0.15, 0.2) is 29.4 Å². The van der Waals surface area contributed by atoms with Gasteiger partial charge in [0.05, 0.1) is 23.3 Å². The number of sulfone groups is 1. The van der Waals surface area contributed by atoms with E-state index in [4.69, 9.17) is 4.98 Å². The molecule has 0 unspecified atom stereocenters. The number of rotatable bonds is 6. The van der Waals surface area contributed by atoms with Gasteiger partial charge in [-0.1, -0.05) is 19.8 Å². The predicted molar refractivity (Wildman–Crippen MR) is 125 cm³/mol. The van der Waals surface area contributed by atoms with Crippen molar-refractivity contribution in [3.8, 4) is 0 Å². The van der Waals surface area contributed by atoms with E-state index < -0.39 is 9.84 Å². The lowest BCUT2D eigenvalue weighted by atomic mass is 10.0. The van der Waals surface area contributed by atoms with Crippen molar-refractivity contribution in [2.75, 3.05) is 42.1 Å². The van der Waals surface area contributed by atoms with Gasteiger partial charge in [-0.15, -0.1) is 0 Å². The molecule has 2 aliphatic rings. The van der Waals surface area contributed by atoms with Gasteiger partial charge < -0.3 is 20.5 Å². The number of aromatic nitrogens is 4. The van der Waals surface area contributed by atoms with Gasteiger partial charge in [0.15, 0.2) is 9.84 Å². The molecule has 10 heteroatoms. The number of H-pyrrole nitrogens is 1. The number of aromatic amines is 1. The molecule has 32 heavy (non-hydrogen) atoms. The van der Waals surface area contributed by atoms with Crippen LogP contribution in [-0.2, 0) is 9.84 Å². The quantitative estimate of drug-likeness (QED) is 0.520. The first-order valence-electron chi connectivity index (χ1n) is 11.4. The third kappa shape index (κ3) is 4.16. The summed E-state index contributed by atoms with van der Waals surface area (Å²) in [7, 11) is -3.35. The summed E-state index contributed by atoms with van der Waals surface area (Å²) in [4.78, 5) is 19.3. The van der Waals surface area contributed by atoms with Gasteiger partial charge >= 0.3 is 0 Å². The van der Waals surface area contributed by atoms with E-state index >= 15 is 0 Å². The predicted octanol–water partition coefficient (Wildman–Crippen LogP) is 2.96. The van der Waals surface area contributed by atoms with Crippen LogP contribution < -0.4 is 15.5 Å². The summed E-state index contributed by atoms with van der Waals surface area (Å²) in [6, 6.07) is 5.69. The van der Waals surface area contributed by atoms with E-state index in [9.17, 15) is 8.42 Å². The van der Waals surface area contributed by atoms with E-state index in [1.165, 1.54) is 12.8 Å². The van der Waals surface area contributed by atoms with Crippen LogP contribution in [0, 0.1) is 0 Å². The molecule has 3 N–H and O–H groups in total. The highest BCUT2D eigenvalue weighted by Gasteiger charge is 2.25. The molecular formula is C22H29N7O2S. The van der Waals surface area contributed by atoms with Gasteiger partial charge in [-0.3, -0.25) is 0 Å². The van der Waals surface area contributed by atoms with Gasteiger partial charge in [0.1, 0.15) is 16.5 Å². The lowest BCUT2D eigenvalue weighted by Gasteiger charge is -2.29. The first-order valence-corrected chi connectivity index (χ1v) is 13.0. The molecule has 3 aromatic heterocycles. The summed E-state index contributed by atoms with van der Waals surface area (Å²) < 4.78 is 24.9. The lowest BCUT2D eigenvalue weighted by molar-refractivity contribution is 0.589. The second-order valence-electron chi connectivity index (χ2n) is 8.48. The Balaban J connectivity index is 1.46. The molecule has 0 amide bonds. The van der Waals surface area contributed by atoms with Crippen molar-refractivity contribution in [1.29, 1.82) is 0 Å². The Labute approximate surface area is 188 Å². The fourth-order valence-electron chi connectivity index (χ4n) is 4.58. The SMILES string of the molecule is CCS(=O)(=O)c1cc2c(C3CCCC3)nc(Nc3ccc(N4CCNCC4)cn3)nc2[nH]1. The monoisotopic (exact) mass is 455 g/mol. The van der Waals surface area contributed by atoms with Gasteiger partial charge in [0.25, 0.3) is 0 Å². The first-order chi connectivity index (χ1) is 15.5. The highest BCUT2D eigenvalue weighted by Crippen LogP contribution is 2.37. The van der Waals surface area contributed by atoms with Gasteiger partial charge in [-0.2, -0.15) is 4.98 Å². The van der Waals surface area contributed by atoms with Crippen molar-refractivity contribution in [3.05, 3.63) is 30.1 Å². The maximum atomic E-state index is 12.4. The van der Waals surface area contributed by atoms with Gasteiger partial charge in [0.2, 0.25) is 5.95 Å². The Bertz CT molecular complexity index is 1190. The average molecular weight is 456 g/mol. The molecule has 1 saturated heterocycles. The molecule has 1 aliphatic heterocycles. The third-order valence-electron chi connectivity index (χ3n) is 6.42. The summed E-state index contributed by atoms with van der Waals surface area (Å²) >= 11 is 0. The fraction of sp³-hybridized carbons (Fsp3) is 0.500. The summed E-state index contributed by atoms with van der Waals surface area (Å²) in [5.41, 5.74) is 2.56. The summed E-state index contributed by atoms with van der Waals surface area (Å²) in [5, 5.41) is 7.58. The van der Waals surface area contributed by atoms with Crippen molar-refractivity contribution in [2.24, 2.45) is 0 Å². The zero-order valence-corrected chi connectivity index (χ0v) is 19.1. The molecule has 1 aliphatic carbocycles. The fourth-order valence-corrected chi connectivity index (χ4v) is 5.44. The molecule has 0 bridgehead atoms. The van der Waals surface area contributed by atoms with E-state index in [-0.39, 0.29) is 10.8 Å². The minimum Gasteiger partial charge on any atom is -0.368 e. The largest absolute Gasteiger partial charge is 0.368 e. The topological polar surface area (TPSA) is 116 Å². The molecule has 0 atom stereocenters. The molecule has 0 spiro atoms. The van der Waals surface area contributed by atoms with Crippen LogP contribution >= 0.6 is 0 Å². The van der Waals surface area contributed by atoms with Crippen LogP contribution in [0.5, 0.6) is 0 Å². The summed E-state index contributed by atoms with van der Waals surface area (Å²) in [6.45, 7) is 5.53. The first kappa shape index (κ1) is 21.1. The van der Waals surface area contributed by atoms with Crippen molar-refractivity contribution in [1.82, 2.24) is 25.3 Å². The molecule has 170 valence electrons. The smallest absolute Gasteiger partial charge is 0.230 e. The Morgan fingerprint density at radius 3 is 2.62 bits per heavy atom. The zero-order valence-electron chi connectivity index (χ0n) is 18.3. The maximum absolute atomic E-state index is 12.4. The minimum absolute atomic E-state index is 0.0421. The van der Waals surface area contributed by atoms with Crippen LogP contribution in [-0.4, -0.2) is 60.3 Å². The molecule has 1 saturated carbocycles. The van der Waals surface area contributed by atoms with Crippen molar-refractivity contribution >= 4 is 38.3 Å². The molecule has 0 aromatic carbocycles. The standard InChI is InChI=1S/C22H29N7O2S/c1-2-32(30,31)19-13-17-20(15-5-3-4-6-15)27-22(28-21(17)26-19)25-18-8-7-16(14-24-18)29-11-9-23-10-12-29/h7-8,13-15,23H,2-6,9-12H2,1H3,(H2,24,25,26,27,28). The van der Waals surface area contributed by atoms with Crippen LogP contribution in [0.25, 0.3) is 11.0 Å². The van der Waals surface area contributed by atoms with E-state index in [1.54, 1.807) is 13.0 Å². The maximum Gasteiger partial charge on any atom is 0.230 e. The summed E-state index contributed by atoms with van der Waals surface area (Å²) in [5.74, 6) is 1.45. The van der Waals surface area contributed by atoms with Crippen LogP contribution in [0.2, 0.25) is 0 Å². The molecule has 5 rings (SSSR count). The average Bonchev–Trinajstić information content (AvgIpc) is 3.50. The van der Waals surface area contributed by atoms with E-state index in [0.29, 0.717) is 23.3 Å². The van der Waals surface area contributed by atoms with E-state index in [1.807, 2.05) is 12.3 Å². The van der Waals surface area contributed by atoms with Crippen LogP contribution in [0.4, 0.5) is 17.5 Å².